The standard InChI is InChI=1S/C21H24FNO2S/c1-25-19-12-15(9-10-18(19)22)13-23-11-5-6-16(14-23)21(24)17-7-3-4-8-20(17)26-2/h3-4,7-10,12,16H,5-6,11,13-14H2,1-2H3/t16-/m1/s1. The van der Waals surface area contributed by atoms with E-state index >= 15 is 0 Å². The highest BCUT2D eigenvalue weighted by atomic mass is 32.2. The van der Waals surface area contributed by atoms with Crippen molar-refractivity contribution in [3.8, 4) is 5.75 Å². The molecule has 2 aromatic carbocycles. The number of ketones is 1. The minimum atomic E-state index is -0.350. The van der Waals surface area contributed by atoms with Crippen molar-refractivity contribution in [3.05, 3.63) is 59.4 Å². The SMILES string of the molecule is COc1cc(CN2CCC[C@@H](C(=O)c3ccccc3SC)C2)ccc1F. The number of hydrogen-bond donors (Lipinski definition) is 0. The number of methoxy groups -OCH3 is 1. The lowest BCUT2D eigenvalue weighted by Crippen LogP contribution is -2.38. The molecule has 1 atom stereocenters. The molecule has 0 spiro atoms. The molecule has 1 aliphatic heterocycles. The fraction of sp³-hybridized carbons (Fsp3) is 0.381. The second kappa shape index (κ2) is 8.69. The van der Waals surface area contributed by atoms with Gasteiger partial charge in [-0.05, 0) is 49.4 Å². The zero-order chi connectivity index (χ0) is 18.5. The normalized spacial score (nSPS) is 17.9. The van der Waals surface area contributed by atoms with Gasteiger partial charge in [0.2, 0.25) is 0 Å². The van der Waals surface area contributed by atoms with Crippen molar-refractivity contribution in [2.75, 3.05) is 26.5 Å². The number of piperidine rings is 1. The van der Waals surface area contributed by atoms with Gasteiger partial charge in [0, 0.05) is 29.5 Å². The minimum Gasteiger partial charge on any atom is -0.494 e. The molecule has 3 rings (SSSR count). The summed E-state index contributed by atoms with van der Waals surface area (Å²) in [4.78, 5) is 16.3. The Hall–Kier alpha value is -1.85. The summed E-state index contributed by atoms with van der Waals surface area (Å²) in [6.07, 6.45) is 3.92. The smallest absolute Gasteiger partial charge is 0.168 e. The first-order chi connectivity index (χ1) is 12.6. The molecule has 26 heavy (non-hydrogen) atoms. The molecular weight excluding hydrogens is 349 g/mol. The molecule has 0 aliphatic carbocycles. The van der Waals surface area contributed by atoms with Gasteiger partial charge in [0.05, 0.1) is 7.11 Å². The molecule has 2 aromatic rings. The highest BCUT2D eigenvalue weighted by Crippen LogP contribution is 2.28. The van der Waals surface area contributed by atoms with Crippen LogP contribution in [0.5, 0.6) is 5.75 Å². The zero-order valence-corrected chi connectivity index (χ0v) is 16.0. The van der Waals surface area contributed by atoms with E-state index in [-0.39, 0.29) is 23.3 Å². The summed E-state index contributed by atoms with van der Waals surface area (Å²) >= 11 is 1.61. The average Bonchev–Trinajstić information content (AvgIpc) is 2.69. The summed E-state index contributed by atoms with van der Waals surface area (Å²) in [5.41, 5.74) is 1.83. The van der Waals surface area contributed by atoms with Gasteiger partial charge in [-0.25, -0.2) is 4.39 Å². The summed E-state index contributed by atoms with van der Waals surface area (Å²) < 4.78 is 18.7. The predicted molar refractivity (Wildman–Crippen MR) is 104 cm³/mol. The van der Waals surface area contributed by atoms with Gasteiger partial charge in [-0.2, -0.15) is 0 Å². The third kappa shape index (κ3) is 4.27. The van der Waals surface area contributed by atoms with Crippen molar-refractivity contribution in [1.29, 1.82) is 0 Å². The van der Waals surface area contributed by atoms with Crippen molar-refractivity contribution in [2.24, 2.45) is 5.92 Å². The van der Waals surface area contributed by atoms with Crippen molar-refractivity contribution in [3.63, 3.8) is 0 Å². The lowest BCUT2D eigenvalue weighted by molar-refractivity contribution is 0.0808. The van der Waals surface area contributed by atoms with E-state index in [1.54, 1.807) is 23.9 Å². The van der Waals surface area contributed by atoms with E-state index in [9.17, 15) is 9.18 Å². The fourth-order valence-electron chi connectivity index (χ4n) is 3.54. The molecule has 0 unspecified atom stereocenters. The van der Waals surface area contributed by atoms with Crippen LogP contribution >= 0.6 is 11.8 Å². The van der Waals surface area contributed by atoms with Crippen molar-refractivity contribution >= 4 is 17.5 Å². The Morgan fingerprint density at radius 3 is 2.88 bits per heavy atom. The minimum absolute atomic E-state index is 0.0133. The number of carbonyl (C=O) groups is 1. The molecule has 5 heteroatoms. The fourth-order valence-corrected chi connectivity index (χ4v) is 4.15. The lowest BCUT2D eigenvalue weighted by Gasteiger charge is -2.32. The number of halogens is 1. The predicted octanol–water partition coefficient (Wildman–Crippen LogP) is 4.65. The third-order valence-corrected chi connectivity index (χ3v) is 5.67. The topological polar surface area (TPSA) is 29.5 Å². The molecule has 0 radical (unpaired) electrons. The van der Waals surface area contributed by atoms with E-state index in [0.717, 1.165) is 42.0 Å². The van der Waals surface area contributed by atoms with Gasteiger partial charge >= 0.3 is 0 Å². The average molecular weight is 373 g/mol. The molecule has 1 saturated heterocycles. The number of hydrogen-bond acceptors (Lipinski definition) is 4. The van der Waals surface area contributed by atoms with E-state index in [4.69, 9.17) is 4.74 Å². The quantitative estimate of drug-likeness (QED) is 0.544. The number of thioether (sulfide) groups is 1. The molecular formula is C21H24FNO2S. The van der Waals surface area contributed by atoms with Crippen LogP contribution in [0.2, 0.25) is 0 Å². The number of carbonyl (C=O) groups excluding carboxylic acids is 1. The van der Waals surface area contributed by atoms with Crippen LogP contribution in [-0.4, -0.2) is 37.1 Å². The van der Waals surface area contributed by atoms with Crippen molar-refractivity contribution in [1.82, 2.24) is 4.90 Å². The molecule has 0 amide bonds. The molecule has 1 aliphatic rings. The van der Waals surface area contributed by atoms with Gasteiger partial charge in [0.25, 0.3) is 0 Å². The highest BCUT2D eigenvalue weighted by Gasteiger charge is 2.27. The third-order valence-electron chi connectivity index (χ3n) is 4.87. The molecule has 0 bridgehead atoms. The summed E-state index contributed by atoms with van der Waals surface area (Å²) in [5, 5.41) is 0. The number of nitrogens with zero attached hydrogens (tertiary/aromatic N) is 1. The number of rotatable bonds is 6. The van der Waals surface area contributed by atoms with Gasteiger partial charge in [-0.15, -0.1) is 11.8 Å². The number of Topliss-reactive ketones (excluding diaryl/α,β-unsaturated/α-hetero) is 1. The van der Waals surface area contributed by atoms with E-state index in [1.807, 2.05) is 30.5 Å². The van der Waals surface area contributed by atoms with Gasteiger partial charge in [-0.3, -0.25) is 9.69 Å². The van der Waals surface area contributed by atoms with Crippen LogP contribution in [0.25, 0.3) is 0 Å². The molecule has 1 fully saturated rings. The van der Waals surface area contributed by atoms with Crippen LogP contribution < -0.4 is 4.74 Å². The van der Waals surface area contributed by atoms with Crippen LogP contribution in [-0.2, 0) is 6.54 Å². The van der Waals surface area contributed by atoms with Gasteiger partial charge in [0.15, 0.2) is 17.3 Å². The Morgan fingerprint density at radius 2 is 2.12 bits per heavy atom. The molecule has 0 aromatic heterocycles. The van der Waals surface area contributed by atoms with Crippen LogP contribution in [0, 0.1) is 11.7 Å². The molecule has 3 nitrogen and oxygen atoms in total. The summed E-state index contributed by atoms with van der Waals surface area (Å²) in [6.45, 7) is 2.39. The molecule has 138 valence electrons. The Bertz CT molecular complexity index is 780. The summed E-state index contributed by atoms with van der Waals surface area (Å²) in [5.74, 6) is 0.161. The first-order valence-electron chi connectivity index (χ1n) is 8.84. The summed E-state index contributed by atoms with van der Waals surface area (Å²) in [6, 6.07) is 12.8. The van der Waals surface area contributed by atoms with Crippen molar-refractivity contribution < 1.29 is 13.9 Å². The second-order valence-electron chi connectivity index (χ2n) is 6.61. The maximum Gasteiger partial charge on any atom is 0.168 e. The van der Waals surface area contributed by atoms with Crippen LogP contribution in [0.4, 0.5) is 4.39 Å². The molecule has 0 saturated carbocycles. The summed E-state index contributed by atoms with van der Waals surface area (Å²) in [7, 11) is 1.47. The lowest BCUT2D eigenvalue weighted by atomic mass is 9.89. The van der Waals surface area contributed by atoms with Crippen LogP contribution in [0.3, 0.4) is 0 Å². The Morgan fingerprint density at radius 1 is 1.31 bits per heavy atom. The van der Waals surface area contributed by atoms with E-state index in [0.29, 0.717) is 6.54 Å². The largest absolute Gasteiger partial charge is 0.494 e. The van der Waals surface area contributed by atoms with Gasteiger partial charge in [-0.1, -0.05) is 24.3 Å². The van der Waals surface area contributed by atoms with Crippen molar-refractivity contribution in [2.45, 2.75) is 24.3 Å². The number of ether oxygens (including phenoxy) is 1. The number of benzene rings is 2. The Labute approximate surface area is 158 Å². The first-order valence-corrected chi connectivity index (χ1v) is 10.1. The molecule has 1 heterocycles. The zero-order valence-electron chi connectivity index (χ0n) is 15.2. The van der Waals surface area contributed by atoms with Gasteiger partial charge in [0.1, 0.15) is 0 Å². The number of likely N-dealkylation sites (tertiary alicyclic amines) is 1. The first kappa shape index (κ1) is 18.9. The second-order valence-corrected chi connectivity index (χ2v) is 7.46. The van der Waals surface area contributed by atoms with E-state index in [1.165, 1.54) is 13.2 Å². The maximum absolute atomic E-state index is 13.6. The monoisotopic (exact) mass is 373 g/mol. The van der Waals surface area contributed by atoms with Crippen LogP contribution in [0.15, 0.2) is 47.4 Å². The van der Waals surface area contributed by atoms with E-state index < -0.39 is 0 Å². The Balaban J connectivity index is 1.70. The molecule has 0 N–H and O–H groups in total. The van der Waals surface area contributed by atoms with Gasteiger partial charge < -0.3 is 4.74 Å². The Kier molecular flexibility index (Phi) is 6.33. The highest BCUT2D eigenvalue weighted by molar-refractivity contribution is 7.98. The van der Waals surface area contributed by atoms with Crippen LogP contribution in [0.1, 0.15) is 28.8 Å². The van der Waals surface area contributed by atoms with E-state index in [2.05, 4.69) is 4.90 Å². The maximum atomic E-state index is 13.6.